The summed E-state index contributed by atoms with van der Waals surface area (Å²) in [7, 11) is 0. The number of rotatable bonds is 6. The molecule has 1 aliphatic carbocycles. The number of carbonyl (C=O) groups is 2. The minimum atomic E-state index is -0.518. The van der Waals surface area contributed by atoms with E-state index in [2.05, 4.69) is 20.8 Å². The Hall–Kier alpha value is -1.40. The van der Waals surface area contributed by atoms with Crippen molar-refractivity contribution in [3.63, 3.8) is 0 Å². The molecule has 0 radical (unpaired) electrons. The molecular formula is C21H27NO3S2. The molecule has 146 valence electrons. The van der Waals surface area contributed by atoms with E-state index >= 15 is 0 Å². The molecule has 1 aliphatic heterocycles. The van der Waals surface area contributed by atoms with Gasteiger partial charge in [0.05, 0.1) is 0 Å². The Morgan fingerprint density at radius 1 is 1.41 bits per heavy atom. The van der Waals surface area contributed by atoms with E-state index in [0.29, 0.717) is 13.0 Å². The lowest BCUT2D eigenvalue weighted by atomic mass is 9.67. The summed E-state index contributed by atoms with van der Waals surface area (Å²) in [6.07, 6.45) is 1.26. The van der Waals surface area contributed by atoms with Crippen molar-refractivity contribution >= 4 is 40.6 Å². The first-order valence-corrected chi connectivity index (χ1v) is 11.5. The average molecular weight is 406 g/mol. The summed E-state index contributed by atoms with van der Waals surface area (Å²) in [5.74, 6) is 0.838. The van der Waals surface area contributed by atoms with Crippen LogP contribution < -0.4 is 0 Å². The molecule has 0 fully saturated rings. The van der Waals surface area contributed by atoms with Gasteiger partial charge in [0.25, 0.3) is 0 Å². The molecule has 2 atom stereocenters. The van der Waals surface area contributed by atoms with Crippen LogP contribution in [0.1, 0.15) is 52.0 Å². The van der Waals surface area contributed by atoms with Crippen LogP contribution in [0.4, 0.5) is 0 Å². The van der Waals surface area contributed by atoms with Gasteiger partial charge in [0.2, 0.25) is 0 Å². The van der Waals surface area contributed by atoms with Crippen molar-refractivity contribution in [2.24, 2.45) is 16.3 Å². The highest BCUT2D eigenvalue weighted by Gasteiger charge is 2.46. The third-order valence-corrected chi connectivity index (χ3v) is 6.70. The second-order valence-electron chi connectivity index (χ2n) is 7.93. The van der Waals surface area contributed by atoms with Crippen molar-refractivity contribution in [2.45, 2.75) is 46.5 Å². The van der Waals surface area contributed by atoms with Crippen LogP contribution in [0.15, 0.2) is 33.1 Å². The Kier molecular flexibility index (Phi) is 6.26. The smallest absolute Gasteiger partial charge is 0.315 e. The third kappa shape index (κ3) is 4.37. The predicted molar refractivity (Wildman–Crippen MR) is 113 cm³/mol. The summed E-state index contributed by atoms with van der Waals surface area (Å²) in [5.41, 5.74) is 3.26. The van der Waals surface area contributed by atoms with Crippen molar-refractivity contribution in [2.75, 3.05) is 18.1 Å². The van der Waals surface area contributed by atoms with Gasteiger partial charge in [-0.25, -0.2) is 0 Å². The van der Waals surface area contributed by atoms with E-state index in [0.717, 1.165) is 40.5 Å². The molecule has 4 nitrogen and oxygen atoms in total. The predicted octanol–water partition coefficient (Wildman–Crippen LogP) is 4.86. The number of nitrogens with zero attached hydrogens (tertiary/aromatic N) is 1. The minimum Gasteiger partial charge on any atom is -0.464 e. The van der Waals surface area contributed by atoms with Crippen molar-refractivity contribution < 1.29 is 14.3 Å². The van der Waals surface area contributed by atoms with E-state index in [9.17, 15) is 9.59 Å². The van der Waals surface area contributed by atoms with Crippen LogP contribution in [-0.4, -0.2) is 35.6 Å². The molecule has 0 spiro atoms. The number of aliphatic imine (C=N–C) groups is 1. The van der Waals surface area contributed by atoms with Crippen molar-refractivity contribution in [1.29, 1.82) is 0 Å². The van der Waals surface area contributed by atoms with Gasteiger partial charge >= 0.3 is 5.97 Å². The summed E-state index contributed by atoms with van der Waals surface area (Å²) < 4.78 is 5.57. The topological polar surface area (TPSA) is 55.7 Å². The summed E-state index contributed by atoms with van der Waals surface area (Å²) in [5, 5.41) is 4.03. The lowest BCUT2D eigenvalue weighted by Crippen LogP contribution is -2.39. The fraction of sp³-hybridized carbons (Fsp3) is 0.571. The molecule has 1 unspecified atom stereocenters. The third-order valence-electron chi connectivity index (χ3n) is 5.13. The molecule has 27 heavy (non-hydrogen) atoms. The van der Waals surface area contributed by atoms with E-state index in [4.69, 9.17) is 9.73 Å². The van der Waals surface area contributed by atoms with Crippen LogP contribution in [0.25, 0.3) is 0 Å². The Morgan fingerprint density at radius 2 is 2.19 bits per heavy atom. The van der Waals surface area contributed by atoms with Crippen LogP contribution in [0.5, 0.6) is 0 Å². The summed E-state index contributed by atoms with van der Waals surface area (Å²) >= 11 is 3.33. The van der Waals surface area contributed by atoms with Gasteiger partial charge < -0.3 is 4.74 Å². The molecule has 0 amide bonds. The number of ketones is 1. The summed E-state index contributed by atoms with van der Waals surface area (Å²) in [6.45, 7) is 8.57. The number of allylic oxidation sites excluding steroid dienone is 2. The Balaban J connectivity index is 1.95. The monoisotopic (exact) mass is 405 g/mol. The lowest BCUT2D eigenvalue weighted by Gasteiger charge is -2.38. The van der Waals surface area contributed by atoms with Crippen LogP contribution in [0, 0.1) is 11.3 Å². The van der Waals surface area contributed by atoms with Crippen molar-refractivity contribution in [3.8, 4) is 0 Å². The van der Waals surface area contributed by atoms with Gasteiger partial charge in [-0.3, -0.25) is 14.6 Å². The van der Waals surface area contributed by atoms with Crippen LogP contribution >= 0.6 is 23.1 Å². The highest BCUT2D eigenvalue weighted by Crippen LogP contribution is 2.48. The van der Waals surface area contributed by atoms with Crippen molar-refractivity contribution in [1.82, 2.24) is 0 Å². The molecule has 0 saturated heterocycles. The number of ether oxygens (including phenoxy) is 1. The minimum absolute atomic E-state index is 0.0936. The average Bonchev–Trinajstić information content (AvgIpc) is 3.10. The Morgan fingerprint density at radius 3 is 2.85 bits per heavy atom. The fourth-order valence-corrected chi connectivity index (χ4v) is 5.18. The van der Waals surface area contributed by atoms with Gasteiger partial charge in [-0.2, -0.15) is 23.1 Å². The summed E-state index contributed by atoms with van der Waals surface area (Å²) in [4.78, 5) is 30.7. The van der Waals surface area contributed by atoms with Crippen molar-refractivity contribution in [3.05, 3.63) is 33.7 Å². The second kappa shape index (κ2) is 8.31. The van der Waals surface area contributed by atoms with E-state index < -0.39 is 5.92 Å². The number of Topliss-reactive ketones (excluding diaryl/α,β-unsaturated/α-hetero) is 1. The quantitative estimate of drug-likeness (QED) is 0.501. The molecule has 1 aromatic heterocycles. The standard InChI is InChI=1S/C21H27NO3S2/c1-5-26-9-7-25-20(24)17-13(2)22-15-10-21(3,4)11-16(23)19(15)18(17)14-6-8-27-12-14/h6,8,12,17-18H,5,7,9-11H2,1-4H3/t17?,18-/m1/s1. The van der Waals surface area contributed by atoms with E-state index in [1.54, 1.807) is 23.1 Å². The number of carbonyl (C=O) groups excluding carboxylic acids is 2. The van der Waals surface area contributed by atoms with Gasteiger partial charge in [-0.1, -0.05) is 20.8 Å². The zero-order chi connectivity index (χ0) is 19.6. The van der Waals surface area contributed by atoms with Gasteiger partial charge in [0.1, 0.15) is 12.5 Å². The van der Waals surface area contributed by atoms with Gasteiger partial charge in [0.15, 0.2) is 5.78 Å². The number of thioether (sulfide) groups is 1. The van der Waals surface area contributed by atoms with Gasteiger partial charge in [-0.15, -0.1) is 0 Å². The van der Waals surface area contributed by atoms with Gasteiger partial charge in [-0.05, 0) is 46.9 Å². The molecule has 2 heterocycles. The number of esters is 1. The zero-order valence-corrected chi connectivity index (χ0v) is 18.0. The number of hydrogen-bond acceptors (Lipinski definition) is 6. The maximum Gasteiger partial charge on any atom is 0.315 e. The fourth-order valence-electron chi connectivity index (χ4n) is 4.00. The molecular weight excluding hydrogens is 378 g/mol. The van der Waals surface area contributed by atoms with E-state index in [1.807, 2.05) is 23.8 Å². The normalized spacial score (nSPS) is 24.4. The second-order valence-corrected chi connectivity index (χ2v) is 10.1. The molecule has 2 aliphatic rings. The molecule has 6 heteroatoms. The van der Waals surface area contributed by atoms with Crippen LogP contribution in [-0.2, 0) is 14.3 Å². The highest BCUT2D eigenvalue weighted by atomic mass is 32.2. The highest BCUT2D eigenvalue weighted by molar-refractivity contribution is 7.99. The zero-order valence-electron chi connectivity index (χ0n) is 16.4. The maximum atomic E-state index is 13.0. The lowest BCUT2D eigenvalue weighted by molar-refractivity contribution is -0.145. The molecule has 3 rings (SSSR count). The van der Waals surface area contributed by atoms with E-state index in [-0.39, 0.29) is 23.1 Å². The largest absolute Gasteiger partial charge is 0.464 e. The summed E-state index contributed by atoms with van der Waals surface area (Å²) in [6, 6.07) is 2.01. The first-order chi connectivity index (χ1) is 12.8. The van der Waals surface area contributed by atoms with Gasteiger partial charge in [0, 0.05) is 35.1 Å². The number of thiophene rings is 1. The molecule has 0 aromatic carbocycles. The molecule has 0 saturated carbocycles. The molecule has 0 bridgehead atoms. The Labute approximate surface area is 169 Å². The van der Waals surface area contributed by atoms with Crippen LogP contribution in [0.3, 0.4) is 0 Å². The van der Waals surface area contributed by atoms with Crippen LogP contribution in [0.2, 0.25) is 0 Å². The number of hydrogen-bond donors (Lipinski definition) is 0. The first-order valence-electron chi connectivity index (χ1n) is 9.42. The SMILES string of the molecule is CCSCCOC(=O)C1C(C)=NC2=C(C(=O)CC(C)(C)C2)[C@@H]1c1ccsc1. The van der Waals surface area contributed by atoms with E-state index in [1.165, 1.54) is 0 Å². The molecule has 0 N–H and O–H groups in total. The first kappa shape index (κ1) is 20.3. The molecule has 1 aromatic rings. The Bertz CT molecular complexity index is 777. The maximum absolute atomic E-state index is 13.0.